The van der Waals surface area contributed by atoms with Crippen molar-refractivity contribution in [3.63, 3.8) is 0 Å². The van der Waals surface area contributed by atoms with E-state index in [1.54, 1.807) is 0 Å². The number of rotatable bonds is 5. The van der Waals surface area contributed by atoms with E-state index in [0.717, 1.165) is 12.1 Å². The molecule has 0 bridgehead atoms. The number of carbonyl (C=O) groups is 2. The second kappa shape index (κ2) is 8.78. The first-order valence-electron chi connectivity index (χ1n) is 10.1. The van der Waals surface area contributed by atoms with Crippen LogP contribution in [0.25, 0.3) is 0 Å². The Labute approximate surface area is 181 Å². The molecule has 0 saturated carbocycles. The molecule has 0 radical (unpaired) electrons. The van der Waals surface area contributed by atoms with Gasteiger partial charge in [-0.05, 0) is 42.7 Å². The molecule has 2 aromatic rings. The van der Waals surface area contributed by atoms with Crippen LogP contribution in [0, 0.1) is 5.82 Å². The van der Waals surface area contributed by atoms with Crippen molar-refractivity contribution >= 4 is 11.8 Å². The van der Waals surface area contributed by atoms with Crippen LogP contribution in [0.3, 0.4) is 0 Å². The maximum atomic E-state index is 14.7. The molecule has 1 fully saturated rings. The molecule has 0 spiro atoms. The second-order valence-corrected chi connectivity index (χ2v) is 7.57. The number of nitrogens with zero attached hydrogens (tertiary/aromatic N) is 1. The number of carbonyl (C=O) groups excluding carboxylic acids is 2. The number of alkyl halides is 3. The molecule has 32 heavy (non-hydrogen) atoms. The van der Waals surface area contributed by atoms with Gasteiger partial charge in [-0.15, -0.1) is 13.2 Å². The minimum absolute atomic E-state index is 0.0127. The van der Waals surface area contributed by atoms with Crippen molar-refractivity contribution < 1.29 is 36.6 Å². The van der Waals surface area contributed by atoms with Crippen LogP contribution in [0.2, 0.25) is 0 Å². The van der Waals surface area contributed by atoms with Gasteiger partial charge in [0.25, 0.3) is 5.91 Å². The Hall–Kier alpha value is -3.14. The van der Waals surface area contributed by atoms with Crippen LogP contribution < -0.4 is 10.1 Å². The Kier molecular flexibility index (Phi) is 6.05. The van der Waals surface area contributed by atoms with Crippen LogP contribution in [-0.2, 0) is 16.1 Å². The van der Waals surface area contributed by atoms with Crippen LogP contribution in [0.5, 0.6) is 5.75 Å². The zero-order valence-corrected chi connectivity index (χ0v) is 16.8. The lowest BCUT2D eigenvalue weighted by atomic mass is 10.0. The van der Waals surface area contributed by atoms with Crippen LogP contribution in [0.15, 0.2) is 42.5 Å². The highest BCUT2D eigenvalue weighted by Crippen LogP contribution is 2.39. The number of hydrogen-bond acceptors (Lipinski definition) is 4. The van der Waals surface area contributed by atoms with E-state index in [-0.39, 0.29) is 29.5 Å². The average molecular weight is 452 g/mol. The van der Waals surface area contributed by atoms with Crippen LogP contribution in [-0.4, -0.2) is 42.3 Å². The molecule has 1 saturated heterocycles. The monoisotopic (exact) mass is 452 g/mol. The molecule has 2 aromatic carbocycles. The van der Waals surface area contributed by atoms with E-state index in [9.17, 15) is 27.2 Å². The minimum Gasteiger partial charge on any atom is -0.406 e. The van der Waals surface area contributed by atoms with Crippen LogP contribution >= 0.6 is 0 Å². The smallest absolute Gasteiger partial charge is 0.406 e. The molecule has 6 nitrogen and oxygen atoms in total. The summed E-state index contributed by atoms with van der Waals surface area (Å²) < 4.78 is 60.7. The van der Waals surface area contributed by atoms with E-state index in [4.69, 9.17) is 4.74 Å². The molecule has 1 atom stereocenters. The molecule has 170 valence electrons. The number of hydrogen-bond donors (Lipinski definition) is 1. The normalized spacial score (nSPS) is 19.1. The fraction of sp³-hybridized carbons (Fsp3) is 0.364. The molecular weight excluding hydrogens is 432 g/mol. The van der Waals surface area contributed by atoms with Crippen molar-refractivity contribution in [1.29, 1.82) is 0 Å². The zero-order chi connectivity index (χ0) is 22.9. The summed E-state index contributed by atoms with van der Waals surface area (Å²) in [6.45, 7) is 0.864. The number of halogens is 4. The van der Waals surface area contributed by atoms with Gasteiger partial charge in [-0.1, -0.05) is 18.2 Å². The number of nitrogens with one attached hydrogen (secondary N) is 1. The van der Waals surface area contributed by atoms with Crippen molar-refractivity contribution in [2.75, 3.05) is 13.2 Å². The van der Waals surface area contributed by atoms with Crippen molar-refractivity contribution in [2.45, 2.75) is 37.8 Å². The van der Waals surface area contributed by atoms with Gasteiger partial charge in [-0.25, -0.2) is 4.39 Å². The molecule has 2 aliphatic heterocycles. The largest absolute Gasteiger partial charge is 0.573 e. The molecule has 1 unspecified atom stereocenters. The average Bonchev–Trinajstić information content (AvgIpc) is 3.06. The Morgan fingerprint density at radius 1 is 1.12 bits per heavy atom. The second-order valence-electron chi connectivity index (χ2n) is 7.57. The topological polar surface area (TPSA) is 67.9 Å². The molecule has 10 heteroatoms. The van der Waals surface area contributed by atoms with E-state index < -0.39 is 30.0 Å². The molecule has 0 aromatic heterocycles. The first-order valence-corrected chi connectivity index (χ1v) is 10.1. The lowest BCUT2D eigenvalue weighted by Crippen LogP contribution is -2.46. The first kappa shape index (κ1) is 22.1. The summed E-state index contributed by atoms with van der Waals surface area (Å²) in [6.07, 6.45) is -3.73. The van der Waals surface area contributed by atoms with Gasteiger partial charge in [-0.3, -0.25) is 9.59 Å². The number of amides is 2. The summed E-state index contributed by atoms with van der Waals surface area (Å²) >= 11 is 0. The third-order valence-corrected chi connectivity index (χ3v) is 5.53. The van der Waals surface area contributed by atoms with Crippen LogP contribution in [0.1, 0.15) is 40.4 Å². The van der Waals surface area contributed by atoms with Gasteiger partial charge in [0, 0.05) is 36.9 Å². The lowest BCUT2D eigenvalue weighted by Gasteiger charge is -2.35. The maximum Gasteiger partial charge on any atom is 0.573 e. The summed E-state index contributed by atoms with van der Waals surface area (Å²) in [4.78, 5) is 27.6. The zero-order valence-electron chi connectivity index (χ0n) is 16.8. The van der Waals surface area contributed by atoms with Gasteiger partial charge < -0.3 is 19.7 Å². The number of ether oxygens (including phenoxy) is 2. The summed E-state index contributed by atoms with van der Waals surface area (Å²) in [5, 5.41) is 2.67. The predicted octanol–water partition coefficient (Wildman–Crippen LogP) is 3.72. The SMILES string of the molecule is O=C(NCc1ccc(OC(F)(F)F)cc1)C1c2c(F)cccc2C(=O)N1C1CCOCC1. The predicted molar refractivity (Wildman–Crippen MR) is 104 cm³/mol. The summed E-state index contributed by atoms with van der Waals surface area (Å²) in [7, 11) is 0. The Balaban J connectivity index is 1.52. The molecule has 1 N–H and O–H groups in total. The number of fused-ring (bicyclic) bond motifs is 1. The third kappa shape index (κ3) is 4.55. The van der Waals surface area contributed by atoms with Gasteiger partial charge in [0.2, 0.25) is 5.91 Å². The third-order valence-electron chi connectivity index (χ3n) is 5.53. The van der Waals surface area contributed by atoms with Gasteiger partial charge in [0.05, 0.1) is 0 Å². The number of benzene rings is 2. The quantitative estimate of drug-likeness (QED) is 0.703. The minimum atomic E-state index is -4.80. The molecule has 4 rings (SSSR count). The summed E-state index contributed by atoms with van der Waals surface area (Å²) in [5.74, 6) is -1.99. The van der Waals surface area contributed by atoms with Crippen LogP contribution in [0.4, 0.5) is 17.6 Å². The highest BCUT2D eigenvalue weighted by molar-refractivity contribution is 6.05. The van der Waals surface area contributed by atoms with Gasteiger partial charge >= 0.3 is 6.36 Å². The van der Waals surface area contributed by atoms with Gasteiger partial charge in [-0.2, -0.15) is 0 Å². The molecular formula is C22H20F4N2O4. The fourth-order valence-electron chi connectivity index (χ4n) is 4.09. The van der Waals surface area contributed by atoms with Gasteiger partial charge in [0.1, 0.15) is 17.6 Å². The molecule has 2 aliphatic rings. The maximum absolute atomic E-state index is 14.7. The van der Waals surface area contributed by atoms with E-state index in [1.807, 2.05) is 0 Å². The van der Waals surface area contributed by atoms with E-state index in [1.165, 1.54) is 35.2 Å². The Morgan fingerprint density at radius 3 is 2.47 bits per heavy atom. The van der Waals surface area contributed by atoms with E-state index >= 15 is 0 Å². The first-order chi connectivity index (χ1) is 15.2. The van der Waals surface area contributed by atoms with Crippen molar-refractivity contribution in [3.05, 3.63) is 65.0 Å². The highest BCUT2D eigenvalue weighted by Gasteiger charge is 2.46. The summed E-state index contributed by atoms with van der Waals surface area (Å²) in [6, 6.07) is 7.78. The Morgan fingerprint density at radius 2 is 1.81 bits per heavy atom. The van der Waals surface area contributed by atoms with Crippen molar-refractivity contribution in [3.8, 4) is 5.75 Å². The van der Waals surface area contributed by atoms with E-state index in [2.05, 4.69) is 10.1 Å². The molecule has 0 aliphatic carbocycles. The summed E-state index contributed by atoms with van der Waals surface area (Å²) in [5.41, 5.74) is 0.712. The molecule has 2 heterocycles. The Bertz CT molecular complexity index is 1000. The van der Waals surface area contributed by atoms with E-state index in [0.29, 0.717) is 31.6 Å². The lowest BCUT2D eigenvalue weighted by molar-refractivity contribution is -0.274. The van der Waals surface area contributed by atoms with Crippen molar-refractivity contribution in [1.82, 2.24) is 10.2 Å². The van der Waals surface area contributed by atoms with Gasteiger partial charge in [0.15, 0.2) is 0 Å². The fourth-order valence-corrected chi connectivity index (χ4v) is 4.09. The van der Waals surface area contributed by atoms with Crippen molar-refractivity contribution in [2.24, 2.45) is 0 Å². The standard InChI is InChI=1S/C22H20F4N2O4/c23-17-3-1-2-16-18(17)19(28(21(16)30)14-8-10-31-11-9-14)20(29)27-12-13-4-6-15(7-5-13)32-22(24,25)26/h1-7,14,19H,8-12H2,(H,27,29). The highest BCUT2D eigenvalue weighted by atomic mass is 19.4. The molecule has 2 amide bonds.